The first-order chi connectivity index (χ1) is 12.1. The van der Waals surface area contributed by atoms with E-state index in [9.17, 15) is 0 Å². The smallest absolute Gasteiger partial charge is 0.167 e. The number of aromatic nitrogens is 4. The molecule has 0 atom stereocenters. The molecule has 126 valence electrons. The maximum absolute atomic E-state index is 5.96. The van der Waals surface area contributed by atoms with E-state index in [1.165, 1.54) is 16.0 Å². The van der Waals surface area contributed by atoms with E-state index in [4.69, 9.17) is 9.72 Å². The van der Waals surface area contributed by atoms with Gasteiger partial charge in [-0.25, -0.2) is 14.5 Å². The maximum atomic E-state index is 5.96. The number of rotatable bonds is 2. The third-order valence-electron chi connectivity index (χ3n) is 4.66. The minimum absolute atomic E-state index is 0.152. The standard InChI is InChI=1S/C19H18N4OS/c1-19(2)9-13-14(10-24-19)25-18-16(13)17-21-15(22-23(17)11-20-18)8-12-6-4-3-5-7-12/h3-7,11H,8-10H2,1-2H3. The lowest BCUT2D eigenvalue weighted by Gasteiger charge is -2.30. The molecule has 5 nitrogen and oxygen atoms in total. The number of ether oxygens (including phenoxy) is 1. The summed E-state index contributed by atoms with van der Waals surface area (Å²) >= 11 is 1.71. The summed E-state index contributed by atoms with van der Waals surface area (Å²) in [4.78, 5) is 11.7. The predicted octanol–water partition coefficient (Wildman–Crippen LogP) is 3.78. The van der Waals surface area contributed by atoms with E-state index in [0.29, 0.717) is 6.61 Å². The van der Waals surface area contributed by atoms with Crippen molar-refractivity contribution >= 4 is 27.2 Å². The molecule has 4 aromatic rings. The molecule has 0 saturated heterocycles. The zero-order valence-corrected chi connectivity index (χ0v) is 15.0. The topological polar surface area (TPSA) is 52.3 Å². The van der Waals surface area contributed by atoms with Gasteiger partial charge in [0.2, 0.25) is 0 Å². The molecule has 1 aliphatic heterocycles. The van der Waals surface area contributed by atoms with Crippen LogP contribution in [0.2, 0.25) is 0 Å². The first-order valence-corrected chi connectivity index (χ1v) is 9.23. The molecular weight excluding hydrogens is 332 g/mol. The summed E-state index contributed by atoms with van der Waals surface area (Å²) in [5.41, 5.74) is 3.30. The highest BCUT2D eigenvalue weighted by Crippen LogP contribution is 2.39. The quantitative estimate of drug-likeness (QED) is 0.552. The lowest BCUT2D eigenvalue weighted by Crippen LogP contribution is -2.31. The summed E-state index contributed by atoms with van der Waals surface area (Å²) < 4.78 is 7.77. The fourth-order valence-corrected chi connectivity index (χ4v) is 4.50. The molecule has 4 heterocycles. The normalized spacial score (nSPS) is 16.4. The third-order valence-corrected chi connectivity index (χ3v) is 5.77. The number of nitrogens with zero attached hydrogens (tertiary/aromatic N) is 4. The maximum Gasteiger partial charge on any atom is 0.167 e. The molecule has 0 amide bonds. The van der Waals surface area contributed by atoms with Gasteiger partial charge in [0.15, 0.2) is 11.5 Å². The highest BCUT2D eigenvalue weighted by Gasteiger charge is 2.30. The predicted molar refractivity (Wildman–Crippen MR) is 98.0 cm³/mol. The van der Waals surface area contributed by atoms with Crippen molar-refractivity contribution in [3.63, 3.8) is 0 Å². The Kier molecular flexibility index (Phi) is 3.20. The van der Waals surface area contributed by atoms with Gasteiger partial charge in [0.25, 0.3) is 0 Å². The van der Waals surface area contributed by atoms with Crippen molar-refractivity contribution in [1.29, 1.82) is 0 Å². The zero-order chi connectivity index (χ0) is 17.0. The summed E-state index contributed by atoms with van der Waals surface area (Å²) in [5, 5.41) is 5.78. The summed E-state index contributed by atoms with van der Waals surface area (Å²) in [6, 6.07) is 10.3. The van der Waals surface area contributed by atoms with Gasteiger partial charge in [0.05, 0.1) is 17.6 Å². The van der Waals surface area contributed by atoms with E-state index in [1.807, 2.05) is 22.7 Å². The van der Waals surface area contributed by atoms with Crippen LogP contribution in [0.15, 0.2) is 36.7 Å². The van der Waals surface area contributed by atoms with E-state index in [-0.39, 0.29) is 5.60 Å². The van der Waals surface area contributed by atoms with Crippen LogP contribution >= 0.6 is 11.3 Å². The van der Waals surface area contributed by atoms with Crippen molar-refractivity contribution in [2.45, 2.75) is 38.9 Å². The molecule has 1 aromatic carbocycles. The van der Waals surface area contributed by atoms with E-state index in [0.717, 1.165) is 34.5 Å². The molecule has 25 heavy (non-hydrogen) atoms. The number of hydrogen-bond donors (Lipinski definition) is 0. The van der Waals surface area contributed by atoms with Crippen LogP contribution in [0.5, 0.6) is 0 Å². The molecule has 0 radical (unpaired) electrons. The van der Waals surface area contributed by atoms with Gasteiger partial charge in [0.1, 0.15) is 11.2 Å². The second-order valence-electron chi connectivity index (χ2n) is 7.11. The van der Waals surface area contributed by atoms with Crippen LogP contribution in [0, 0.1) is 0 Å². The highest BCUT2D eigenvalue weighted by atomic mass is 32.1. The van der Waals surface area contributed by atoms with Gasteiger partial charge >= 0.3 is 0 Å². The van der Waals surface area contributed by atoms with Crippen LogP contribution in [0.3, 0.4) is 0 Å². The van der Waals surface area contributed by atoms with Crippen molar-refractivity contribution in [3.05, 3.63) is 58.5 Å². The Labute approximate surface area is 149 Å². The van der Waals surface area contributed by atoms with Crippen molar-refractivity contribution in [1.82, 2.24) is 19.6 Å². The summed E-state index contributed by atoms with van der Waals surface area (Å²) in [6.07, 6.45) is 3.38. The van der Waals surface area contributed by atoms with Crippen LogP contribution in [0.1, 0.15) is 35.7 Å². The van der Waals surface area contributed by atoms with Crippen LogP contribution in [-0.2, 0) is 24.2 Å². The molecule has 0 saturated carbocycles. The zero-order valence-electron chi connectivity index (χ0n) is 14.2. The monoisotopic (exact) mass is 350 g/mol. The largest absolute Gasteiger partial charge is 0.370 e. The Morgan fingerprint density at radius 2 is 2.08 bits per heavy atom. The van der Waals surface area contributed by atoms with E-state index < -0.39 is 0 Å². The molecule has 0 aliphatic carbocycles. The number of thiophene rings is 1. The van der Waals surface area contributed by atoms with Gasteiger partial charge in [-0.2, -0.15) is 0 Å². The van der Waals surface area contributed by atoms with Gasteiger partial charge in [-0.05, 0) is 25.0 Å². The second-order valence-corrected chi connectivity index (χ2v) is 8.20. The molecule has 1 aliphatic rings. The lowest BCUT2D eigenvalue weighted by molar-refractivity contribution is -0.0379. The van der Waals surface area contributed by atoms with Crippen LogP contribution in [0.4, 0.5) is 0 Å². The van der Waals surface area contributed by atoms with Crippen LogP contribution in [0.25, 0.3) is 15.9 Å². The second kappa shape index (κ2) is 5.34. The van der Waals surface area contributed by atoms with Gasteiger partial charge in [0, 0.05) is 17.7 Å². The number of benzene rings is 1. The summed E-state index contributed by atoms with van der Waals surface area (Å²) in [5.74, 6) is 0.826. The SMILES string of the molecule is CC1(C)Cc2c(sc3ncn4nc(Cc5ccccc5)nc4c23)CO1. The van der Waals surface area contributed by atoms with Crippen molar-refractivity contribution < 1.29 is 4.74 Å². The highest BCUT2D eigenvalue weighted by molar-refractivity contribution is 7.19. The fourth-order valence-electron chi connectivity index (χ4n) is 3.44. The first-order valence-electron chi connectivity index (χ1n) is 8.41. The van der Waals surface area contributed by atoms with Crippen LogP contribution in [-0.4, -0.2) is 25.2 Å². The molecule has 0 spiro atoms. The Morgan fingerprint density at radius 3 is 2.92 bits per heavy atom. The molecule has 0 N–H and O–H groups in total. The van der Waals surface area contributed by atoms with Crippen molar-refractivity contribution in [2.24, 2.45) is 0 Å². The van der Waals surface area contributed by atoms with Crippen molar-refractivity contribution in [3.8, 4) is 0 Å². The first kappa shape index (κ1) is 15.0. The minimum atomic E-state index is -0.152. The Hall–Kier alpha value is -2.31. The summed E-state index contributed by atoms with van der Waals surface area (Å²) in [7, 11) is 0. The summed E-state index contributed by atoms with van der Waals surface area (Å²) in [6.45, 7) is 4.93. The molecule has 0 unspecified atom stereocenters. The van der Waals surface area contributed by atoms with Gasteiger partial charge in [-0.15, -0.1) is 16.4 Å². The Morgan fingerprint density at radius 1 is 1.24 bits per heavy atom. The van der Waals surface area contributed by atoms with E-state index in [2.05, 4.69) is 36.1 Å². The molecule has 3 aromatic heterocycles. The van der Waals surface area contributed by atoms with Gasteiger partial charge in [-0.3, -0.25) is 0 Å². The number of fused-ring (bicyclic) bond motifs is 5. The number of hydrogen-bond acceptors (Lipinski definition) is 5. The molecular formula is C19H18N4OS. The van der Waals surface area contributed by atoms with E-state index >= 15 is 0 Å². The van der Waals surface area contributed by atoms with Gasteiger partial charge < -0.3 is 4.74 Å². The fraction of sp³-hybridized carbons (Fsp3) is 0.316. The minimum Gasteiger partial charge on any atom is -0.370 e. The van der Waals surface area contributed by atoms with Gasteiger partial charge in [-0.1, -0.05) is 30.3 Å². The average Bonchev–Trinajstić information content (AvgIpc) is 3.14. The molecule has 6 heteroatoms. The van der Waals surface area contributed by atoms with Crippen molar-refractivity contribution in [2.75, 3.05) is 0 Å². The van der Waals surface area contributed by atoms with E-state index in [1.54, 1.807) is 17.7 Å². The Balaban J connectivity index is 1.66. The average molecular weight is 350 g/mol. The molecule has 0 bridgehead atoms. The third kappa shape index (κ3) is 2.53. The Bertz CT molecular complexity index is 1080. The lowest BCUT2D eigenvalue weighted by atomic mass is 9.94. The molecule has 0 fully saturated rings. The molecule has 5 rings (SSSR count). The van der Waals surface area contributed by atoms with Crippen LogP contribution < -0.4 is 0 Å².